The van der Waals surface area contributed by atoms with Gasteiger partial charge in [-0.2, -0.15) is 0 Å². The van der Waals surface area contributed by atoms with E-state index in [1.807, 2.05) is 25.1 Å². The first-order chi connectivity index (χ1) is 21.7. The van der Waals surface area contributed by atoms with E-state index < -0.39 is 0 Å². The van der Waals surface area contributed by atoms with Crippen LogP contribution in [0.3, 0.4) is 0 Å². The molecule has 0 saturated heterocycles. The fourth-order valence-electron chi connectivity index (χ4n) is 6.73. The van der Waals surface area contributed by atoms with Gasteiger partial charge in [0.2, 0.25) is 0 Å². The Kier molecular flexibility index (Phi) is 6.20. The third-order valence-corrected chi connectivity index (χ3v) is 8.77. The Bertz CT molecular complexity index is 2150. The molecule has 0 aliphatic heterocycles. The highest BCUT2D eigenvalue weighted by Crippen LogP contribution is 2.49. The van der Waals surface area contributed by atoms with Gasteiger partial charge in [0, 0.05) is 28.3 Å². The fraction of sp³-hybridized carbons (Fsp3) is 0.0238. The van der Waals surface area contributed by atoms with Gasteiger partial charge >= 0.3 is 0 Å². The molecular formula is C42H30N2. The Morgan fingerprint density at radius 3 is 1.52 bits per heavy atom. The van der Waals surface area contributed by atoms with Crippen LogP contribution in [0, 0.1) is 5.41 Å². The second-order valence-electron chi connectivity index (χ2n) is 11.4. The van der Waals surface area contributed by atoms with E-state index in [0.29, 0.717) is 5.71 Å². The number of fused-ring (bicyclic) bond motifs is 3. The smallest absolute Gasteiger partial charge is 0.0462 e. The van der Waals surface area contributed by atoms with Crippen molar-refractivity contribution in [2.75, 3.05) is 4.90 Å². The van der Waals surface area contributed by atoms with Gasteiger partial charge in [-0.05, 0) is 98.6 Å². The van der Waals surface area contributed by atoms with Gasteiger partial charge in [0.25, 0.3) is 0 Å². The summed E-state index contributed by atoms with van der Waals surface area (Å²) in [6.45, 7) is 1.84. The lowest BCUT2D eigenvalue weighted by Crippen LogP contribution is -2.09. The van der Waals surface area contributed by atoms with Gasteiger partial charge in [-0.3, -0.25) is 0 Å². The SMILES string of the molecule is CC(=N)c1ccccc1-c1ccc(N(c2ccccc2)c2ccc(-c3ccc4c5c(cccc35)-c3ccccc3-4)cc2)cc1. The largest absolute Gasteiger partial charge is 0.311 e. The molecule has 0 atom stereocenters. The van der Waals surface area contributed by atoms with Gasteiger partial charge in [-0.15, -0.1) is 0 Å². The van der Waals surface area contributed by atoms with Crippen molar-refractivity contribution in [3.8, 4) is 44.5 Å². The van der Waals surface area contributed by atoms with Crippen molar-refractivity contribution in [2.24, 2.45) is 0 Å². The topological polar surface area (TPSA) is 27.1 Å². The van der Waals surface area contributed by atoms with Crippen molar-refractivity contribution >= 4 is 33.5 Å². The summed E-state index contributed by atoms with van der Waals surface area (Å²) in [6.07, 6.45) is 0. The summed E-state index contributed by atoms with van der Waals surface area (Å²) in [5.41, 5.74) is 14.7. The zero-order valence-electron chi connectivity index (χ0n) is 24.5. The molecule has 1 N–H and O–H groups in total. The molecule has 0 bridgehead atoms. The minimum absolute atomic E-state index is 0.570. The Balaban J connectivity index is 1.19. The van der Waals surface area contributed by atoms with Crippen LogP contribution >= 0.6 is 0 Å². The third-order valence-electron chi connectivity index (χ3n) is 8.77. The molecule has 0 amide bonds. The monoisotopic (exact) mass is 562 g/mol. The van der Waals surface area contributed by atoms with Crippen LogP contribution in [-0.4, -0.2) is 5.71 Å². The highest BCUT2D eigenvalue weighted by Gasteiger charge is 2.22. The first kappa shape index (κ1) is 25.9. The lowest BCUT2D eigenvalue weighted by molar-refractivity contribution is 1.28. The van der Waals surface area contributed by atoms with E-state index in [4.69, 9.17) is 5.41 Å². The predicted molar refractivity (Wildman–Crippen MR) is 186 cm³/mol. The Labute approximate surface area is 258 Å². The van der Waals surface area contributed by atoms with Crippen molar-refractivity contribution in [3.63, 3.8) is 0 Å². The molecule has 0 saturated carbocycles. The molecule has 208 valence electrons. The van der Waals surface area contributed by atoms with Crippen molar-refractivity contribution in [1.29, 1.82) is 5.41 Å². The summed E-state index contributed by atoms with van der Waals surface area (Å²) >= 11 is 0. The van der Waals surface area contributed by atoms with Gasteiger partial charge in [0.05, 0.1) is 0 Å². The van der Waals surface area contributed by atoms with Crippen LogP contribution in [0.1, 0.15) is 12.5 Å². The number of nitrogens with zero attached hydrogens (tertiary/aromatic N) is 1. The minimum atomic E-state index is 0.570. The average Bonchev–Trinajstić information content (AvgIpc) is 3.41. The highest BCUT2D eigenvalue weighted by molar-refractivity contribution is 6.18. The highest BCUT2D eigenvalue weighted by atomic mass is 15.1. The maximum absolute atomic E-state index is 8.23. The molecule has 0 heterocycles. The van der Waals surface area contributed by atoms with Crippen molar-refractivity contribution < 1.29 is 0 Å². The quantitative estimate of drug-likeness (QED) is 0.201. The normalized spacial score (nSPS) is 11.4. The Hall–Kier alpha value is -5.73. The van der Waals surface area contributed by atoms with Crippen LogP contribution in [0.15, 0.2) is 158 Å². The summed E-state index contributed by atoms with van der Waals surface area (Å²) in [5.74, 6) is 0. The molecule has 44 heavy (non-hydrogen) atoms. The molecule has 1 aliphatic carbocycles. The van der Waals surface area contributed by atoms with Crippen molar-refractivity contribution in [1.82, 2.24) is 0 Å². The van der Waals surface area contributed by atoms with Crippen LogP contribution in [0.5, 0.6) is 0 Å². The summed E-state index contributed by atoms with van der Waals surface area (Å²) in [7, 11) is 0. The average molecular weight is 563 g/mol. The summed E-state index contributed by atoms with van der Waals surface area (Å²) in [4.78, 5) is 2.30. The first-order valence-corrected chi connectivity index (χ1v) is 15.0. The molecule has 0 fully saturated rings. The minimum Gasteiger partial charge on any atom is -0.311 e. The molecule has 0 unspecified atom stereocenters. The number of hydrogen-bond acceptors (Lipinski definition) is 2. The van der Waals surface area contributed by atoms with Crippen LogP contribution < -0.4 is 4.90 Å². The van der Waals surface area contributed by atoms with E-state index in [0.717, 1.165) is 33.8 Å². The molecule has 0 aromatic heterocycles. The van der Waals surface area contributed by atoms with Gasteiger partial charge in [-0.1, -0.05) is 121 Å². The van der Waals surface area contributed by atoms with E-state index in [1.165, 1.54) is 44.2 Å². The standard InChI is InChI=1S/C42H30N2/c1-28(43)34-12-5-6-13-35(34)29-18-22-32(23-19-29)44(31-10-3-2-4-11-31)33-24-20-30(21-25-33)36-26-27-41-38-15-8-7-14-37(38)40-17-9-16-39(36)42(40)41/h2-27,43H,1H3. The first-order valence-electron chi connectivity index (χ1n) is 15.0. The van der Waals surface area contributed by atoms with E-state index >= 15 is 0 Å². The summed E-state index contributed by atoms with van der Waals surface area (Å²) in [6, 6.07) is 56.2. The van der Waals surface area contributed by atoms with Gasteiger partial charge in [-0.25, -0.2) is 0 Å². The van der Waals surface area contributed by atoms with E-state index in [9.17, 15) is 0 Å². The fourth-order valence-corrected chi connectivity index (χ4v) is 6.73. The zero-order valence-corrected chi connectivity index (χ0v) is 24.5. The Morgan fingerprint density at radius 1 is 0.409 bits per heavy atom. The summed E-state index contributed by atoms with van der Waals surface area (Å²) in [5, 5.41) is 10.9. The predicted octanol–water partition coefficient (Wildman–Crippen LogP) is 11.7. The van der Waals surface area contributed by atoms with Gasteiger partial charge in [0.15, 0.2) is 0 Å². The molecule has 1 aliphatic rings. The lowest BCUT2D eigenvalue weighted by atomic mass is 9.94. The summed E-state index contributed by atoms with van der Waals surface area (Å²) < 4.78 is 0. The molecule has 8 rings (SSSR count). The lowest BCUT2D eigenvalue weighted by Gasteiger charge is -2.26. The van der Waals surface area contributed by atoms with Gasteiger partial charge in [0.1, 0.15) is 0 Å². The van der Waals surface area contributed by atoms with Crippen molar-refractivity contribution in [2.45, 2.75) is 6.92 Å². The van der Waals surface area contributed by atoms with E-state index in [1.54, 1.807) is 0 Å². The molecule has 7 aromatic rings. The molecule has 0 radical (unpaired) electrons. The number of rotatable bonds is 6. The zero-order chi connectivity index (χ0) is 29.6. The van der Waals surface area contributed by atoms with Gasteiger partial charge < -0.3 is 10.3 Å². The maximum atomic E-state index is 8.23. The number of hydrogen-bond donors (Lipinski definition) is 1. The third kappa shape index (κ3) is 4.23. The maximum Gasteiger partial charge on any atom is 0.0462 e. The Morgan fingerprint density at radius 2 is 0.886 bits per heavy atom. The second-order valence-corrected chi connectivity index (χ2v) is 11.4. The van der Waals surface area contributed by atoms with Crippen LogP contribution in [0.4, 0.5) is 17.1 Å². The second kappa shape index (κ2) is 10.5. The molecular weight excluding hydrogens is 532 g/mol. The number of benzene rings is 7. The van der Waals surface area contributed by atoms with E-state index in [-0.39, 0.29) is 0 Å². The van der Waals surface area contributed by atoms with E-state index in [2.05, 4.69) is 144 Å². The molecule has 7 aromatic carbocycles. The molecule has 0 spiro atoms. The molecule has 2 heteroatoms. The number of para-hydroxylation sites is 1. The van der Waals surface area contributed by atoms with Crippen molar-refractivity contribution in [3.05, 3.63) is 163 Å². The number of anilines is 3. The van der Waals surface area contributed by atoms with Crippen LogP contribution in [0.25, 0.3) is 55.3 Å². The molecule has 2 nitrogen and oxygen atoms in total. The van der Waals surface area contributed by atoms with Crippen LogP contribution in [0.2, 0.25) is 0 Å². The van der Waals surface area contributed by atoms with Crippen LogP contribution in [-0.2, 0) is 0 Å². The number of nitrogens with one attached hydrogen (secondary N) is 1.